The van der Waals surface area contributed by atoms with Crippen LogP contribution in [0.1, 0.15) is 44.3 Å². The summed E-state index contributed by atoms with van der Waals surface area (Å²) in [5, 5.41) is 28.5. The highest BCUT2D eigenvalue weighted by Gasteiger charge is 2.42. The molecule has 3 N–H and O–H groups in total. The largest absolute Gasteiger partial charge is 0.508 e. The van der Waals surface area contributed by atoms with Crippen LogP contribution in [0, 0.1) is 13.8 Å². The third-order valence-electron chi connectivity index (χ3n) is 6.84. The molecule has 0 saturated carbocycles. The predicted molar refractivity (Wildman–Crippen MR) is 139 cm³/mol. The lowest BCUT2D eigenvalue weighted by Crippen LogP contribution is -2.31. The summed E-state index contributed by atoms with van der Waals surface area (Å²) >= 11 is 0. The van der Waals surface area contributed by atoms with E-state index in [0.717, 1.165) is 22.3 Å². The summed E-state index contributed by atoms with van der Waals surface area (Å²) in [5.41, 5.74) is 5.61. The average Bonchev–Trinajstić information content (AvgIpc) is 3.43. The van der Waals surface area contributed by atoms with Gasteiger partial charge in [-0.3, -0.25) is 9.89 Å². The van der Waals surface area contributed by atoms with Crippen LogP contribution in [0.3, 0.4) is 0 Å². The summed E-state index contributed by atoms with van der Waals surface area (Å²) in [5.74, 6) is 1.31. The van der Waals surface area contributed by atoms with E-state index in [1.54, 1.807) is 37.3 Å². The minimum absolute atomic E-state index is 0.109. The van der Waals surface area contributed by atoms with Crippen LogP contribution in [0.4, 0.5) is 0 Å². The first-order chi connectivity index (χ1) is 17.8. The van der Waals surface area contributed by atoms with E-state index in [9.17, 15) is 15.0 Å². The number of phenols is 2. The molecule has 190 valence electrons. The van der Waals surface area contributed by atoms with E-state index in [4.69, 9.17) is 9.47 Å². The van der Waals surface area contributed by atoms with Crippen LogP contribution >= 0.6 is 0 Å². The standard InChI is InChI=1S/C29H29N3O5/c1-16-12-17(2)28(34)21(13-16)25-24-26(31-30-25)29(35)32(27(24)19-6-5-7-20(33)15-19)11-10-18-8-9-22(36-3)23(14-18)37-4/h5-9,12-15,27,33-34H,10-11H2,1-4H3,(H,30,31)/t27-/m0/s1. The molecule has 0 spiro atoms. The summed E-state index contributed by atoms with van der Waals surface area (Å²) < 4.78 is 10.8. The van der Waals surface area contributed by atoms with Crippen LogP contribution in [-0.4, -0.2) is 52.0 Å². The molecule has 0 radical (unpaired) electrons. The molecule has 4 aromatic rings. The normalized spacial score (nSPS) is 14.6. The van der Waals surface area contributed by atoms with Crippen LogP contribution < -0.4 is 9.47 Å². The predicted octanol–water partition coefficient (Wildman–Crippen LogP) is 4.91. The monoisotopic (exact) mass is 499 g/mol. The molecule has 37 heavy (non-hydrogen) atoms. The molecule has 0 aliphatic carbocycles. The van der Waals surface area contributed by atoms with Crippen LogP contribution in [0.25, 0.3) is 11.3 Å². The first-order valence-corrected chi connectivity index (χ1v) is 12.0. The van der Waals surface area contributed by atoms with Gasteiger partial charge in [-0.05, 0) is 72.9 Å². The van der Waals surface area contributed by atoms with E-state index in [0.29, 0.717) is 47.0 Å². The van der Waals surface area contributed by atoms with E-state index in [2.05, 4.69) is 10.2 Å². The van der Waals surface area contributed by atoms with Crippen LogP contribution in [-0.2, 0) is 6.42 Å². The van der Waals surface area contributed by atoms with Crippen molar-refractivity contribution in [1.82, 2.24) is 15.1 Å². The molecule has 8 heteroatoms. The van der Waals surface area contributed by atoms with Gasteiger partial charge in [0, 0.05) is 17.7 Å². The molecule has 1 aliphatic heterocycles. The summed E-state index contributed by atoms with van der Waals surface area (Å²) in [6.45, 7) is 4.21. The molecule has 1 atom stereocenters. The molecule has 1 amide bonds. The number of fused-ring (bicyclic) bond motifs is 1. The van der Waals surface area contributed by atoms with Crippen LogP contribution in [0.2, 0.25) is 0 Å². The Kier molecular flexibility index (Phi) is 6.25. The number of carbonyl (C=O) groups is 1. The maximum atomic E-state index is 13.7. The van der Waals surface area contributed by atoms with Crippen molar-refractivity contribution >= 4 is 5.91 Å². The number of aromatic hydroxyl groups is 2. The third kappa shape index (κ3) is 4.24. The maximum absolute atomic E-state index is 13.7. The second-order valence-corrected chi connectivity index (χ2v) is 9.27. The van der Waals surface area contributed by atoms with Crippen molar-refractivity contribution < 1.29 is 24.5 Å². The van der Waals surface area contributed by atoms with E-state index in [-0.39, 0.29) is 17.4 Å². The smallest absolute Gasteiger partial charge is 0.273 e. The first-order valence-electron chi connectivity index (χ1n) is 12.0. The number of carbonyl (C=O) groups excluding carboxylic acids is 1. The summed E-state index contributed by atoms with van der Waals surface area (Å²) in [4.78, 5) is 15.4. The molecule has 1 aromatic heterocycles. The molecule has 5 rings (SSSR count). The van der Waals surface area contributed by atoms with E-state index in [1.165, 1.54) is 0 Å². The Balaban J connectivity index is 1.57. The molecule has 1 aliphatic rings. The molecular weight excluding hydrogens is 470 g/mol. The second kappa shape index (κ2) is 9.54. The van der Waals surface area contributed by atoms with Gasteiger partial charge in [-0.2, -0.15) is 5.10 Å². The van der Waals surface area contributed by atoms with Gasteiger partial charge in [0.2, 0.25) is 0 Å². The molecule has 0 unspecified atom stereocenters. The fraction of sp³-hybridized carbons (Fsp3) is 0.241. The van der Waals surface area contributed by atoms with Crippen LogP contribution in [0.15, 0.2) is 54.6 Å². The van der Waals surface area contributed by atoms with Gasteiger partial charge in [-0.25, -0.2) is 0 Å². The third-order valence-corrected chi connectivity index (χ3v) is 6.84. The minimum Gasteiger partial charge on any atom is -0.508 e. The Morgan fingerprint density at radius 2 is 1.78 bits per heavy atom. The summed E-state index contributed by atoms with van der Waals surface area (Å²) in [6.07, 6.45) is 0.573. The number of aryl methyl sites for hydroxylation is 2. The summed E-state index contributed by atoms with van der Waals surface area (Å²) in [7, 11) is 3.18. The SMILES string of the molecule is COc1ccc(CCN2C(=O)c3[nH]nc(-c4cc(C)cc(C)c4O)c3[C@@H]2c2cccc(O)c2)cc1OC. The van der Waals surface area contributed by atoms with Gasteiger partial charge in [0.1, 0.15) is 22.9 Å². The lowest BCUT2D eigenvalue weighted by atomic mass is 9.94. The maximum Gasteiger partial charge on any atom is 0.273 e. The number of amides is 1. The molecule has 0 saturated heterocycles. The summed E-state index contributed by atoms with van der Waals surface area (Å²) in [6, 6.07) is 15.9. The fourth-order valence-corrected chi connectivity index (χ4v) is 5.10. The quantitative estimate of drug-likeness (QED) is 0.334. The lowest BCUT2D eigenvalue weighted by Gasteiger charge is -2.27. The molecule has 2 heterocycles. The number of aromatic amines is 1. The van der Waals surface area contributed by atoms with Crippen molar-refractivity contribution in [2.24, 2.45) is 0 Å². The number of rotatable bonds is 7. The number of hydrogen-bond donors (Lipinski definition) is 3. The number of methoxy groups -OCH3 is 2. The molecule has 3 aromatic carbocycles. The molecular formula is C29H29N3O5. The Morgan fingerprint density at radius 3 is 2.51 bits per heavy atom. The van der Waals surface area contributed by atoms with Gasteiger partial charge < -0.3 is 24.6 Å². The number of nitrogens with one attached hydrogen (secondary N) is 1. The number of aromatic nitrogens is 2. The number of ether oxygens (including phenoxy) is 2. The van der Waals surface area contributed by atoms with Crippen molar-refractivity contribution in [3.05, 3.63) is 88.1 Å². The van der Waals surface area contributed by atoms with Crippen molar-refractivity contribution in [2.45, 2.75) is 26.3 Å². The Morgan fingerprint density at radius 1 is 1.00 bits per heavy atom. The van der Waals surface area contributed by atoms with E-state index >= 15 is 0 Å². The zero-order valence-corrected chi connectivity index (χ0v) is 21.2. The van der Waals surface area contributed by atoms with Crippen molar-refractivity contribution in [1.29, 1.82) is 0 Å². The van der Waals surface area contributed by atoms with E-state index < -0.39 is 6.04 Å². The Labute approximate surface area is 215 Å². The van der Waals surface area contributed by atoms with Gasteiger partial charge >= 0.3 is 0 Å². The lowest BCUT2D eigenvalue weighted by molar-refractivity contribution is 0.0745. The van der Waals surface area contributed by atoms with Gasteiger partial charge in [-0.1, -0.05) is 24.3 Å². The minimum atomic E-state index is -0.497. The Bertz CT molecular complexity index is 1490. The molecule has 8 nitrogen and oxygen atoms in total. The molecule has 0 bridgehead atoms. The number of hydrogen-bond acceptors (Lipinski definition) is 6. The van der Waals surface area contributed by atoms with Crippen LogP contribution in [0.5, 0.6) is 23.0 Å². The average molecular weight is 500 g/mol. The number of H-pyrrole nitrogens is 1. The van der Waals surface area contributed by atoms with Gasteiger partial charge in [0.05, 0.1) is 20.3 Å². The number of phenolic OH excluding ortho intramolecular Hbond substituents is 2. The van der Waals surface area contributed by atoms with E-state index in [1.807, 2.05) is 50.2 Å². The van der Waals surface area contributed by atoms with Crippen molar-refractivity contribution in [2.75, 3.05) is 20.8 Å². The van der Waals surface area contributed by atoms with Gasteiger partial charge in [0.25, 0.3) is 5.91 Å². The first kappa shape index (κ1) is 24.2. The highest BCUT2D eigenvalue weighted by Crippen LogP contribution is 2.45. The highest BCUT2D eigenvalue weighted by atomic mass is 16.5. The van der Waals surface area contributed by atoms with Crippen molar-refractivity contribution in [3.63, 3.8) is 0 Å². The van der Waals surface area contributed by atoms with Gasteiger partial charge in [-0.15, -0.1) is 0 Å². The zero-order chi connectivity index (χ0) is 26.3. The topological polar surface area (TPSA) is 108 Å². The number of nitrogens with zero attached hydrogens (tertiary/aromatic N) is 2. The Hall–Kier alpha value is -4.46. The second-order valence-electron chi connectivity index (χ2n) is 9.27. The van der Waals surface area contributed by atoms with Gasteiger partial charge in [0.15, 0.2) is 11.5 Å². The fourth-order valence-electron chi connectivity index (χ4n) is 5.10. The molecule has 0 fully saturated rings. The highest BCUT2D eigenvalue weighted by molar-refractivity contribution is 6.00. The zero-order valence-electron chi connectivity index (χ0n) is 21.2. The number of benzene rings is 3. The van der Waals surface area contributed by atoms with Crippen molar-refractivity contribution in [3.8, 4) is 34.3 Å².